The number of aromatic nitrogens is 1. The molecule has 0 radical (unpaired) electrons. The van der Waals surface area contributed by atoms with Gasteiger partial charge in [0.25, 0.3) is 0 Å². The second-order valence-corrected chi connectivity index (χ2v) is 4.32. The van der Waals surface area contributed by atoms with Gasteiger partial charge in [0, 0.05) is 27.7 Å². The highest BCUT2D eigenvalue weighted by Gasteiger charge is 2.09. The number of hydrogen-bond donors (Lipinski definition) is 1. The standard InChI is InChI=1S/C13H13ClN2O/c1-9-7-11(8-15-17)10(2)16(9)13-5-3-12(14)4-6-13/h3-8,17H,1-2H3/b15-8-. The van der Waals surface area contributed by atoms with E-state index in [2.05, 4.69) is 9.72 Å². The van der Waals surface area contributed by atoms with Crippen LogP contribution in [0.4, 0.5) is 0 Å². The molecule has 3 nitrogen and oxygen atoms in total. The lowest BCUT2D eigenvalue weighted by Gasteiger charge is -2.09. The van der Waals surface area contributed by atoms with Crippen molar-refractivity contribution in [1.29, 1.82) is 0 Å². The summed E-state index contributed by atoms with van der Waals surface area (Å²) in [4.78, 5) is 0. The Balaban J connectivity index is 2.55. The smallest absolute Gasteiger partial charge is 0.0752 e. The van der Waals surface area contributed by atoms with Gasteiger partial charge >= 0.3 is 0 Å². The van der Waals surface area contributed by atoms with Crippen LogP contribution in [-0.4, -0.2) is 16.0 Å². The molecule has 17 heavy (non-hydrogen) atoms. The lowest BCUT2D eigenvalue weighted by atomic mass is 10.2. The van der Waals surface area contributed by atoms with E-state index in [0.717, 1.165) is 22.6 Å². The van der Waals surface area contributed by atoms with Crippen LogP contribution in [0.2, 0.25) is 5.02 Å². The number of nitrogens with zero attached hydrogens (tertiary/aromatic N) is 2. The molecular weight excluding hydrogens is 236 g/mol. The van der Waals surface area contributed by atoms with E-state index in [4.69, 9.17) is 16.8 Å². The van der Waals surface area contributed by atoms with Crippen molar-refractivity contribution in [2.24, 2.45) is 5.16 Å². The fourth-order valence-corrected chi connectivity index (χ4v) is 2.09. The molecule has 1 N–H and O–H groups in total. The molecule has 0 amide bonds. The van der Waals surface area contributed by atoms with Crippen LogP contribution in [0.5, 0.6) is 0 Å². The van der Waals surface area contributed by atoms with Crippen LogP contribution in [-0.2, 0) is 0 Å². The van der Waals surface area contributed by atoms with Crippen LogP contribution in [0.1, 0.15) is 17.0 Å². The molecule has 4 heteroatoms. The van der Waals surface area contributed by atoms with Crippen molar-refractivity contribution in [1.82, 2.24) is 4.57 Å². The average Bonchev–Trinajstić information content (AvgIpc) is 2.57. The summed E-state index contributed by atoms with van der Waals surface area (Å²) in [5.74, 6) is 0. The molecule has 0 bridgehead atoms. The van der Waals surface area contributed by atoms with Gasteiger partial charge in [-0.05, 0) is 44.2 Å². The molecule has 0 saturated heterocycles. The molecule has 0 aliphatic heterocycles. The third kappa shape index (κ3) is 2.19. The Morgan fingerprint density at radius 2 is 1.88 bits per heavy atom. The summed E-state index contributed by atoms with van der Waals surface area (Å²) in [6, 6.07) is 9.61. The maximum absolute atomic E-state index is 8.59. The zero-order valence-corrected chi connectivity index (χ0v) is 10.4. The summed E-state index contributed by atoms with van der Waals surface area (Å²) in [6.45, 7) is 3.99. The molecule has 0 aliphatic rings. The minimum Gasteiger partial charge on any atom is -0.411 e. The molecule has 1 heterocycles. The maximum atomic E-state index is 8.59. The summed E-state index contributed by atoms with van der Waals surface area (Å²) >= 11 is 5.87. The summed E-state index contributed by atoms with van der Waals surface area (Å²) in [5.41, 5.74) is 4.06. The topological polar surface area (TPSA) is 37.5 Å². The first-order valence-electron chi connectivity index (χ1n) is 5.26. The van der Waals surface area contributed by atoms with E-state index >= 15 is 0 Å². The van der Waals surface area contributed by atoms with Gasteiger partial charge in [-0.3, -0.25) is 0 Å². The van der Waals surface area contributed by atoms with E-state index < -0.39 is 0 Å². The number of oxime groups is 1. The van der Waals surface area contributed by atoms with E-state index in [1.165, 1.54) is 6.21 Å². The number of halogens is 1. The van der Waals surface area contributed by atoms with Crippen molar-refractivity contribution in [3.63, 3.8) is 0 Å². The van der Waals surface area contributed by atoms with E-state index in [1.54, 1.807) is 0 Å². The third-order valence-electron chi connectivity index (χ3n) is 2.75. The molecule has 88 valence electrons. The monoisotopic (exact) mass is 248 g/mol. The predicted octanol–water partition coefficient (Wildman–Crippen LogP) is 3.56. The number of benzene rings is 1. The van der Waals surface area contributed by atoms with Crippen LogP contribution in [0.15, 0.2) is 35.5 Å². The van der Waals surface area contributed by atoms with Crippen LogP contribution in [0.25, 0.3) is 5.69 Å². The predicted molar refractivity (Wildman–Crippen MR) is 69.6 cm³/mol. The SMILES string of the molecule is Cc1cc(/C=N\O)c(C)n1-c1ccc(Cl)cc1. The van der Waals surface area contributed by atoms with Crippen LogP contribution in [0, 0.1) is 13.8 Å². The van der Waals surface area contributed by atoms with Crippen molar-refractivity contribution < 1.29 is 5.21 Å². The van der Waals surface area contributed by atoms with E-state index in [-0.39, 0.29) is 0 Å². The Labute approximate surface area is 105 Å². The quantitative estimate of drug-likeness (QED) is 0.493. The highest BCUT2D eigenvalue weighted by molar-refractivity contribution is 6.30. The van der Waals surface area contributed by atoms with Crippen LogP contribution in [0.3, 0.4) is 0 Å². The fourth-order valence-electron chi connectivity index (χ4n) is 1.97. The van der Waals surface area contributed by atoms with Gasteiger partial charge in [-0.2, -0.15) is 0 Å². The second-order valence-electron chi connectivity index (χ2n) is 3.88. The normalized spacial score (nSPS) is 11.2. The van der Waals surface area contributed by atoms with Gasteiger partial charge in [0.1, 0.15) is 0 Å². The van der Waals surface area contributed by atoms with Crippen LogP contribution >= 0.6 is 11.6 Å². The first-order valence-corrected chi connectivity index (χ1v) is 5.63. The summed E-state index contributed by atoms with van der Waals surface area (Å²) in [5, 5.41) is 12.4. The molecular formula is C13H13ClN2O. The highest BCUT2D eigenvalue weighted by Crippen LogP contribution is 2.21. The Bertz CT molecular complexity index is 556. The van der Waals surface area contributed by atoms with Crippen molar-refractivity contribution in [3.8, 4) is 5.69 Å². The average molecular weight is 249 g/mol. The van der Waals surface area contributed by atoms with Crippen molar-refractivity contribution in [2.45, 2.75) is 13.8 Å². The minimum absolute atomic E-state index is 0.716. The fraction of sp³-hybridized carbons (Fsp3) is 0.154. The van der Waals surface area contributed by atoms with Gasteiger partial charge in [0.2, 0.25) is 0 Å². The van der Waals surface area contributed by atoms with Crippen LogP contribution < -0.4 is 0 Å². The Hall–Kier alpha value is -1.74. The zero-order valence-electron chi connectivity index (χ0n) is 9.68. The largest absolute Gasteiger partial charge is 0.411 e. The molecule has 0 unspecified atom stereocenters. The number of rotatable bonds is 2. The lowest BCUT2D eigenvalue weighted by Crippen LogP contribution is -1.99. The molecule has 2 aromatic rings. The molecule has 2 rings (SSSR count). The number of hydrogen-bond acceptors (Lipinski definition) is 2. The molecule has 0 saturated carbocycles. The van der Waals surface area contributed by atoms with Crippen molar-refractivity contribution in [3.05, 3.63) is 52.3 Å². The highest BCUT2D eigenvalue weighted by atomic mass is 35.5. The van der Waals surface area contributed by atoms with E-state index in [9.17, 15) is 0 Å². The Kier molecular flexibility index (Phi) is 3.20. The molecule has 0 aliphatic carbocycles. The van der Waals surface area contributed by atoms with Gasteiger partial charge in [0.15, 0.2) is 0 Å². The summed E-state index contributed by atoms with van der Waals surface area (Å²) < 4.78 is 2.09. The van der Waals surface area contributed by atoms with E-state index in [0.29, 0.717) is 5.02 Å². The summed E-state index contributed by atoms with van der Waals surface area (Å²) in [7, 11) is 0. The minimum atomic E-state index is 0.716. The Morgan fingerprint density at radius 1 is 1.24 bits per heavy atom. The Morgan fingerprint density at radius 3 is 2.47 bits per heavy atom. The molecule has 1 aromatic carbocycles. The summed E-state index contributed by atoms with van der Waals surface area (Å²) in [6.07, 6.45) is 1.44. The molecule has 0 spiro atoms. The number of aryl methyl sites for hydroxylation is 1. The van der Waals surface area contributed by atoms with Crippen molar-refractivity contribution in [2.75, 3.05) is 0 Å². The van der Waals surface area contributed by atoms with Crippen molar-refractivity contribution >= 4 is 17.8 Å². The van der Waals surface area contributed by atoms with Gasteiger partial charge in [0.05, 0.1) is 6.21 Å². The molecule has 1 aromatic heterocycles. The second kappa shape index (κ2) is 4.63. The van der Waals surface area contributed by atoms with Gasteiger partial charge in [-0.15, -0.1) is 0 Å². The van der Waals surface area contributed by atoms with Gasteiger partial charge in [-0.1, -0.05) is 16.8 Å². The van der Waals surface area contributed by atoms with Gasteiger partial charge in [-0.25, -0.2) is 0 Å². The maximum Gasteiger partial charge on any atom is 0.0752 e. The first-order chi connectivity index (χ1) is 8.13. The third-order valence-corrected chi connectivity index (χ3v) is 3.00. The lowest BCUT2D eigenvalue weighted by molar-refractivity contribution is 0.322. The zero-order chi connectivity index (χ0) is 12.4. The van der Waals surface area contributed by atoms with E-state index in [1.807, 2.05) is 44.2 Å². The van der Waals surface area contributed by atoms with Gasteiger partial charge < -0.3 is 9.77 Å². The first kappa shape index (κ1) is 11.7. The molecule has 0 fully saturated rings. The molecule has 0 atom stereocenters.